The Bertz CT molecular complexity index is 424. The Morgan fingerprint density at radius 2 is 2.10 bits per heavy atom. The summed E-state index contributed by atoms with van der Waals surface area (Å²) in [5, 5.41) is 0. The molecule has 0 aliphatic heterocycles. The van der Waals surface area contributed by atoms with Crippen molar-refractivity contribution in [2.45, 2.75) is 53.4 Å². The van der Waals surface area contributed by atoms with Crippen LogP contribution in [0.25, 0.3) is 0 Å². The molecule has 0 saturated heterocycles. The highest BCUT2D eigenvalue weighted by Gasteiger charge is 2.54. The molecule has 0 heterocycles. The van der Waals surface area contributed by atoms with Gasteiger partial charge in [-0.05, 0) is 42.9 Å². The van der Waals surface area contributed by atoms with Crippen molar-refractivity contribution >= 4 is 5.78 Å². The first-order chi connectivity index (χ1) is 9.83. The van der Waals surface area contributed by atoms with E-state index in [9.17, 15) is 4.79 Å². The predicted molar refractivity (Wildman–Crippen MR) is 83.9 cm³/mol. The van der Waals surface area contributed by atoms with E-state index in [1.54, 1.807) is 7.11 Å². The third-order valence-electron chi connectivity index (χ3n) is 5.86. The first-order valence-electron chi connectivity index (χ1n) is 8.13. The third kappa shape index (κ3) is 3.09. The van der Waals surface area contributed by atoms with Gasteiger partial charge in [-0.2, -0.15) is 0 Å². The van der Waals surface area contributed by atoms with Gasteiger partial charge >= 0.3 is 0 Å². The molecule has 2 aliphatic rings. The summed E-state index contributed by atoms with van der Waals surface area (Å²) in [5.74, 6) is 1.10. The van der Waals surface area contributed by atoms with Gasteiger partial charge in [-0.25, -0.2) is 0 Å². The smallest absolute Gasteiger partial charge is 0.146 e. The summed E-state index contributed by atoms with van der Waals surface area (Å²) in [5.41, 5.74) is 1.78. The molecule has 2 rings (SSSR count). The largest absolute Gasteiger partial charge is 0.359 e. The van der Waals surface area contributed by atoms with Crippen LogP contribution in [0.2, 0.25) is 0 Å². The molecule has 0 unspecified atom stereocenters. The topological polar surface area (TPSA) is 35.5 Å². The lowest BCUT2D eigenvalue weighted by molar-refractivity contribution is -0.130. The van der Waals surface area contributed by atoms with Crippen molar-refractivity contribution in [2.75, 3.05) is 20.5 Å². The van der Waals surface area contributed by atoms with Crippen molar-refractivity contribution in [1.29, 1.82) is 0 Å². The summed E-state index contributed by atoms with van der Waals surface area (Å²) in [4.78, 5) is 12.2. The van der Waals surface area contributed by atoms with Gasteiger partial charge in [-0.1, -0.05) is 32.4 Å². The number of ether oxygens (including phenoxy) is 2. The lowest BCUT2D eigenvalue weighted by Crippen LogP contribution is -2.42. The SMILES string of the molecule is COCOCCC[C@@]12C=C(C)C(C)(C)[C@@H]1CC(=O)[C@H](C)C2. The molecule has 0 N–H and O–H groups in total. The van der Waals surface area contributed by atoms with Crippen LogP contribution in [0.15, 0.2) is 11.6 Å². The highest BCUT2D eigenvalue weighted by Crippen LogP contribution is 2.61. The number of ketones is 1. The molecule has 0 radical (unpaired) electrons. The van der Waals surface area contributed by atoms with Gasteiger partial charge in [-0.15, -0.1) is 0 Å². The number of methoxy groups -OCH3 is 1. The minimum absolute atomic E-state index is 0.142. The summed E-state index contributed by atoms with van der Waals surface area (Å²) in [6.45, 7) is 10.0. The van der Waals surface area contributed by atoms with Crippen LogP contribution >= 0.6 is 0 Å². The van der Waals surface area contributed by atoms with Crippen LogP contribution < -0.4 is 0 Å². The highest BCUT2D eigenvalue weighted by atomic mass is 16.7. The van der Waals surface area contributed by atoms with Crippen molar-refractivity contribution in [1.82, 2.24) is 0 Å². The number of carbonyl (C=O) groups is 1. The Morgan fingerprint density at radius 3 is 2.76 bits per heavy atom. The molecule has 0 aromatic carbocycles. The Balaban J connectivity index is 2.10. The lowest BCUT2D eigenvalue weighted by atomic mass is 9.57. The molecule has 21 heavy (non-hydrogen) atoms. The standard InChI is InChI=1S/C18H30O3/c1-13-10-18(7-6-8-21-12-20-5)11-14(2)17(3,4)16(18)9-15(13)19/h11,13,16H,6-10,12H2,1-5H3/t13-,16+,18-/m1/s1. The van der Waals surface area contributed by atoms with Crippen molar-refractivity contribution in [3.8, 4) is 0 Å². The molecule has 0 aromatic heterocycles. The monoisotopic (exact) mass is 294 g/mol. The molecule has 0 amide bonds. The molecule has 120 valence electrons. The average Bonchev–Trinajstić information content (AvgIpc) is 2.59. The molecule has 0 bridgehead atoms. The fourth-order valence-corrected chi connectivity index (χ4v) is 4.45. The molecule has 1 saturated carbocycles. The molecule has 3 atom stereocenters. The molecular formula is C18H30O3. The third-order valence-corrected chi connectivity index (χ3v) is 5.86. The molecule has 2 aliphatic carbocycles. The zero-order chi connectivity index (χ0) is 15.7. The maximum atomic E-state index is 12.2. The molecule has 1 fully saturated rings. The van der Waals surface area contributed by atoms with Crippen LogP contribution in [-0.2, 0) is 14.3 Å². The van der Waals surface area contributed by atoms with E-state index in [1.165, 1.54) is 5.57 Å². The summed E-state index contributed by atoms with van der Waals surface area (Å²) in [6.07, 6.45) is 6.36. The number of rotatable bonds is 6. The van der Waals surface area contributed by atoms with E-state index < -0.39 is 0 Å². The minimum Gasteiger partial charge on any atom is -0.359 e. The quantitative estimate of drug-likeness (QED) is 0.422. The van der Waals surface area contributed by atoms with Crippen molar-refractivity contribution in [3.05, 3.63) is 11.6 Å². The van der Waals surface area contributed by atoms with Crippen LogP contribution in [-0.4, -0.2) is 26.3 Å². The van der Waals surface area contributed by atoms with Crippen LogP contribution in [0.5, 0.6) is 0 Å². The van der Waals surface area contributed by atoms with Gasteiger partial charge in [0.2, 0.25) is 0 Å². The van der Waals surface area contributed by atoms with Gasteiger partial charge in [0.05, 0.1) is 0 Å². The number of hydrogen-bond acceptors (Lipinski definition) is 3. The number of carbonyl (C=O) groups excluding carboxylic acids is 1. The number of fused-ring (bicyclic) bond motifs is 1. The van der Waals surface area contributed by atoms with Crippen LogP contribution in [0.3, 0.4) is 0 Å². The normalized spacial score (nSPS) is 34.7. The lowest BCUT2D eigenvalue weighted by Gasteiger charge is -2.46. The summed E-state index contributed by atoms with van der Waals surface area (Å²) < 4.78 is 10.4. The van der Waals surface area contributed by atoms with Crippen molar-refractivity contribution in [3.63, 3.8) is 0 Å². The second-order valence-corrected chi connectivity index (χ2v) is 7.53. The molecular weight excluding hydrogens is 264 g/mol. The van der Waals surface area contributed by atoms with E-state index >= 15 is 0 Å². The van der Waals surface area contributed by atoms with Crippen LogP contribution in [0.4, 0.5) is 0 Å². The van der Waals surface area contributed by atoms with Crippen molar-refractivity contribution in [2.24, 2.45) is 22.7 Å². The Hall–Kier alpha value is -0.670. The first kappa shape index (κ1) is 16.7. The zero-order valence-corrected chi connectivity index (χ0v) is 14.2. The number of hydrogen-bond donors (Lipinski definition) is 0. The Labute approximate surface area is 129 Å². The zero-order valence-electron chi connectivity index (χ0n) is 14.2. The Kier molecular flexibility index (Phi) is 4.94. The molecule has 3 heteroatoms. The van der Waals surface area contributed by atoms with E-state index in [4.69, 9.17) is 9.47 Å². The van der Waals surface area contributed by atoms with Gasteiger partial charge in [0, 0.05) is 26.1 Å². The van der Waals surface area contributed by atoms with Crippen LogP contribution in [0.1, 0.15) is 53.4 Å². The second kappa shape index (κ2) is 6.21. The van der Waals surface area contributed by atoms with Crippen LogP contribution in [0, 0.1) is 22.7 Å². The summed E-state index contributed by atoms with van der Waals surface area (Å²) in [7, 11) is 1.65. The van der Waals surface area contributed by atoms with Gasteiger partial charge in [-0.3, -0.25) is 4.79 Å². The average molecular weight is 294 g/mol. The summed E-state index contributed by atoms with van der Waals surface area (Å²) >= 11 is 0. The molecule has 0 spiro atoms. The van der Waals surface area contributed by atoms with Gasteiger partial charge in [0.15, 0.2) is 0 Å². The van der Waals surface area contributed by atoms with Gasteiger partial charge < -0.3 is 9.47 Å². The number of allylic oxidation sites excluding steroid dienone is 2. The van der Waals surface area contributed by atoms with Gasteiger partial charge in [0.25, 0.3) is 0 Å². The minimum atomic E-state index is 0.142. The maximum Gasteiger partial charge on any atom is 0.146 e. The first-order valence-corrected chi connectivity index (χ1v) is 8.13. The van der Waals surface area contributed by atoms with E-state index in [0.717, 1.165) is 32.3 Å². The summed E-state index contributed by atoms with van der Waals surface area (Å²) in [6, 6.07) is 0. The fourth-order valence-electron chi connectivity index (χ4n) is 4.45. The van der Waals surface area contributed by atoms with E-state index in [-0.39, 0.29) is 16.7 Å². The maximum absolute atomic E-state index is 12.2. The Morgan fingerprint density at radius 1 is 1.38 bits per heavy atom. The van der Waals surface area contributed by atoms with Gasteiger partial charge in [0.1, 0.15) is 12.6 Å². The number of Topliss-reactive ketones (excluding diaryl/α,β-unsaturated/α-hetero) is 1. The van der Waals surface area contributed by atoms with Crippen molar-refractivity contribution < 1.29 is 14.3 Å². The van der Waals surface area contributed by atoms with E-state index in [2.05, 4.69) is 33.8 Å². The molecule has 3 nitrogen and oxygen atoms in total. The molecule has 0 aromatic rings. The highest BCUT2D eigenvalue weighted by molar-refractivity contribution is 5.82. The van der Waals surface area contributed by atoms with E-state index in [1.807, 2.05) is 0 Å². The fraction of sp³-hybridized carbons (Fsp3) is 0.833. The predicted octanol–water partition coefficient (Wildman–Crippen LogP) is 3.97. The van der Waals surface area contributed by atoms with E-state index in [0.29, 0.717) is 18.5 Å². The second-order valence-electron chi connectivity index (χ2n) is 7.53.